The number of aromatic nitrogens is 4. The van der Waals surface area contributed by atoms with Gasteiger partial charge in [0, 0.05) is 27.1 Å². The lowest BCUT2D eigenvalue weighted by molar-refractivity contribution is 0.595. The molecule has 0 aliphatic rings. The van der Waals surface area contributed by atoms with Crippen molar-refractivity contribution in [2.75, 3.05) is 6.54 Å². The van der Waals surface area contributed by atoms with Crippen LogP contribution in [0.15, 0.2) is 9.59 Å². The van der Waals surface area contributed by atoms with Gasteiger partial charge < -0.3 is 10.3 Å². The lowest BCUT2D eigenvalue weighted by Crippen LogP contribution is -2.37. The molecule has 0 radical (unpaired) electrons. The molecule has 0 bridgehead atoms. The Balaban J connectivity index is 2.70. The van der Waals surface area contributed by atoms with Crippen LogP contribution < -0.4 is 17.0 Å². The maximum atomic E-state index is 12.4. The van der Waals surface area contributed by atoms with E-state index in [0.717, 1.165) is 36.1 Å². The van der Waals surface area contributed by atoms with Gasteiger partial charge in [0.1, 0.15) is 5.82 Å². The molecule has 0 aromatic carbocycles. The van der Waals surface area contributed by atoms with E-state index in [-0.39, 0.29) is 11.2 Å². The number of fused-ring (bicyclic) bond motifs is 1. The zero-order chi connectivity index (χ0) is 15.6. The van der Waals surface area contributed by atoms with E-state index in [2.05, 4.69) is 11.9 Å². The van der Waals surface area contributed by atoms with E-state index in [1.165, 1.54) is 11.6 Å². The summed E-state index contributed by atoms with van der Waals surface area (Å²) in [4.78, 5) is 29.0. The second-order valence-electron chi connectivity index (χ2n) is 5.30. The molecule has 7 nitrogen and oxygen atoms in total. The molecule has 2 N–H and O–H groups in total. The van der Waals surface area contributed by atoms with Crippen LogP contribution in [-0.2, 0) is 27.1 Å². The highest BCUT2D eigenvalue weighted by Crippen LogP contribution is 2.13. The number of nitrogens with zero attached hydrogens (tertiary/aromatic N) is 4. The summed E-state index contributed by atoms with van der Waals surface area (Å²) in [6, 6.07) is 0. The van der Waals surface area contributed by atoms with Gasteiger partial charge in [0.2, 0.25) is 0 Å². The highest BCUT2D eigenvalue weighted by molar-refractivity contribution is 5.71. The highest BCUT2D eigenvalue weighted by atomic mass is 16.2. The van der Waals surface area contributed by atoms with Crippen molar-refractivity contribution in [1.82, 2.24) is 18.7 Å². The van der Waals surface area contributed by atoms with Crippen LogP contribution >= 0.6 is 0 Å². The monoisotopic (exact) mass is 293 g/mol. The zero-order valence-electron chi connectivity index (χ0n) is 12.9. The molecule has 0 fully saturated rings. The van der Waals surface area contributed by atoms with E-state index in [4.69, 9.17) is 5.73 Å². The fourth-order valence-electron chi connectivity index (χ4n) is 2.56. The predicted octanol–water partition coefficient (Wildman–Crippen LogP) is 0.125. The number of aryl methyl sites for hydroxylation is 3. The lowest BCUT2D eigenvalue weighted by atomic mass is 10.3. The van der Waals surface area contributed by atoms with E-state index in [9.17, 15) is 9.59 Å². The van der Waals surface area contributed by atoms with Gasteiger partial charge in [-0.3, -0.25) is 13.9 Å². The van der Waals surface area contributed by atoms with Crippen molar-refractivity contribution in [3.63, 3.8) is 0 Å². The number of unbranched alkanes of at least 4 members (excludes halogenated alkanes) is 1. The van der Waals surface area contributed by atoms with E-state index in [1.807, 2.05) is 4.57 Å². The minimum Gasteiger partial charge on any atom is -0.330 e. The van der Waals surface area contributed by atoms with E-state index >= 15 is 0 Å². The van der Waals surface area contributed by atoms with E-state index in [1.54, 1.807) is 7.05 Å². The first-order valence-corrected chi connectivity index (χ1v) is 7.38. The molecule has 2 aromatic heterocycles. The van der Waals surface area contributed by atoms with Crippen molar-refractivity contribution in [2.45, 2.75) is 39.2 Å². The van der Waals surface area contributed by atoms with Crippen LogP contribution in [0.5, 0.6) is 0 Å². The summed E-state index contributed by atoms with van der Waals surface area (Å²) in [5.41, 5.74) is 5.90. The smallest absolute Gasteiger partial charge is 0.330 e. The Bertz CT molecular complexity index is 753. The molecule has 0 unspecified atom stereocenters. The van der Waals surface area contributed by atoms with Crippen molar-refractivity contribution in [2.24, 2.45) is 19.8 Å². The summed E-state index contributed by atoms with van der Waals surface area (Å²) in [5.74, 6) is 0.864. The Labute approximate surface area is 123 Å². The number of hydrogen-bond donors (Lipinski definition) is 1. The molecule has 2 heterocycles. The van der Waals surface area contributed by atoms with Gasteiger partial charge in [-0.15, -0.1) is 0 Å². The topological polar surface area (TPSA) is 87.8 Å². The van der Waals surface area contributed by atoms with Crippen LogP contribution in [-0.4, -0.2) is 25.2 Å². The molecule has 2 rings (SSSR count). The maximum Gasteiger partial charge on any atom is 0.332 e. The van der Waals surface area contributed by atoms with Gasteiger partial charge in [-0.2, -0.15) is 0 Å². The largest absolute Gasteiger partial charge is 0.332 e. The average molecular weight is 293 g/mol. The fraction of sp³-hybridized carbons (Fsp3) is 0.643. The Morgan fingerprint density at radius 2 is 1.86 bits per heavy atom. The Morgan fingerprint density at radius 1 is 1.14 bits per heavy atom. The molecular formula is C14H23N5O2. The second kappa shape index (κ2) is 6.26. The first-order valence-electron chi connectivity index (χ1n) is 7.38. The van der Waals surface area contributed by atoms with Crippen molar-refractivity contribution >= 4 is 11.2 Å². The number of imidazole rings is 1. The van der Waals surface area contributed by atoms with Crippen molar-refractivity contribution < 1.29 is 0 Å². The molecule has 0 aliphatic heterocycles. The molecule has 21 heavy (non-hydrogen) atoms. The first kappa shape index (κ1) is 15.5. The van der Waals surface area contributed by atoms with Gasteiger partial charge in [-0.1, -0.05) is 6.92 Å². The molecule has 0 saturated carbocycles. The third-order valence-corrected chi connectivity index (χ3v) is 3.74. The summed E-state index contributed by atoms with van der Waals surface area (Å²) < 4.78 is 4.53. The van der Waals surface area contributed by atoms with E-state index < -0.39 is 0 Å². The fourth-order valence-corrected chi connectivity index (χ4v) is 2.56. The quantitative estimate of drug-likeness (QED) is 0.767. The predicted molar refractivity (Wildman–Crippen MR) is 82.5 cm³/mol. The van der Waals surface area contributed by atoms with Crippen LogP contribution in [0.25, 0.3) is 11.2 Å². The van der Waals surface area contributed by atoms with Crippen LogP contribution in [0.2, 0.25) is 0 Å². The van der Waals surface area contributed by atoms with Crippen molar-refractivity contribution in [3.8, 4) is 0 Å². The van der Waals surface area contributed by atoms with Gasteiger partial charge in [-0.05, 0) is 25.8 Å². The van der Waals surface area contributed by atoms with Gasteiger partial charge in [-0.25, -0.2) is 9.78 Å². The Kier molecular flexibility index (Phi) is 4.62. The SMILES string of the molecule is CCCc1nc2c(c(=O)n(C)c(=O)n2C)n1CCCCN. The maximum absolute atomic E-state index is 12.4. The van der Waals surface area contributed by atoms with Gasteiger partial charge in [0.05, 0.1) is 0 Å². The minimum absolute atomic E-state index is 0.282. The molecule has 0 spiro atoms. The first-order chi connectivity index (χ1) is 10.0. The van der Waals surface area contributed by atoms with Crippen molar-refractivity contribution in [3.05, 3.63) is 26.7 Å². The minimum atomic E-state index is -0.345. The Hall–Kier alpha value is -1.89. The number of rotatable bonds is 6. The summed E-state index contributed by atoms with van der Waals surface area (Å²) in [5, 5.41) is 0. The second-order valence-corrected chi connectivity index (χ2v) is 5.30. The van der Waals surface area contributed by atoms with Gasteiger partial charge in [0.25, 0.3) is 5.56 Å². The molecule has 0 saturated heterocycles. The highest BCUT2D eigenvalue weighted by Gasteiger charge is 2.18. The summed E-state index contributed by atoms with van der Waals surface area (Å²) in [7, 11) is 3.15. The van der Waals surface area contributed by atoms with Crippen LogP contribution in [0.1, 0.15) is 32.0 Å². The third-order valence-electron chi connectivity index (χ3n) is 3.74. The van der Waals surface area contributed by atoms with Crippen LogP contribution in [0.4, 0.5) is 0 Å². The summed E-state index contributed by atoms with van der Waals surface area (Å²) in [6.45, 7) is 3.41. The molecule has 2 aromatic rings. The summed E-state index contributed by atoms with van der Waals surface area (Å²) in [6.07, 6.45) is 3.52. The molecule has 0 amide bonds. The lowest BCUT2D eigenvalue weighted by Gasteiger charge is -2.08. The third kappa shape index (κ3) is 2.65. The summed E-state index contributed by atoms with van der Waals surface area (Å²) >= 11 is 0. The van der Waals surface area contributed by atoms with Crippen LogP contribution in [0, 0.1) is 0 Å². The van der Waals surface area contributed by atoms with Gasteiger partial charge >= 0.3 is 5.69 Å². The molecule has 0 atom stereocenters. The van der Waals surface area contributed by atoms with Crippen LogP contribution in [0.3, 0.4) is 0 Å². The molecular weight excluding hydrogens is 270 g/mol. The normalized spacial score (nSPS) is 11.4. The molecule has 7 heteroatoms. The van der Waals surface area contributed by atoms with E-state index in [0.29, 0.717) is 24.3 Å². The van der Waals surface area contributed by atoms with Gasteiger partial charge in [0.15, 0.2) is 11.2 Å². The number of hydrogen-bond acceptors (Lipinski definition) is 4. The standard InChI is InChI=1S/C14H23N5O2/c1-4-7-10-16-12-11(19(10)9-6-5-8-15)13(20)18(3)14(21)17(12)2/h4-9,15H2,1-3H3. The number of nitrogens with two attached hydrogens (primary N) is 1. The average Bonchev–Trinajstić information content (AvgIpc) is 2.82. The zero-order valence-corrected chi connectivity index (χ0v) is 12.9. The molecule has 116 valence electrons. The Morgan fingerprint density at radius 3 is 2.48 bits per heavy atom. The van der Waals surface area contributed by atoms with Crippen molar-refractivity contribution in [1.29, 1.82) is 0 Å². The molecule has 0 aliphatic carbocycles.